The third-order valence-electron chi connectivity index (χ3n) is 6.36. The van der Waals surface area contributed by atoms with Crippen molar-refractivity contribution in [2.75, 3.05) is 20.1 Å². The normalized spacial score (nSPS) is 18.9. The summed E-state index contributed by atoms with van der Waals surface area (Å²) in [5, 5.41) is 22.0. The van der Waals surface area contributed by atoms with Crippen molar-refractivity contribution in [1.82, 2.24) is 9.80 Å². The lowest BCUT2D eigenvalue weighted by molar-refractivity contribution is 0.133. The number of phenols is 2. The molecule has 0 radical (unpaired) electrons. The molecule has 160 valence electrons. The molecular formula is C24H36N2O3. The summed E-state index contributed by atoms with van der Waals surface area (Å²) < 4.78 is 0. The van der Waals surface area contributed by atoms with E-state index in [1.807, 2.05) is 11.0 Å². The number of likely N-dealkylation sites (tertiary alicyclic amines) is 1. The van der Waals surface area contributed by atoms with Gasteiger partial charge in [0.2, 0.25) is 0 Å². The maximum absolute atomic E-state index is 12.6. The molecule has 29 heavy (non-hydrogen) atoms. The highest BCUT2D eigenvalue weighted by molar-refractivity contribution is 5.75. The molecule has 1 aliphatic heterocycles. The van der Waals surface area contributed by atoms with Crippen molar-refractivity contribution >= 4 is 6.03 Å². The number of rotatable bonds is 7. The van der Waals surface area contributed by atoms with Crippen molar-refractivity contribution < 1.29 is 15.0 Å². The number of phenolic OH excluding ortho intramolecular Hbond substituents is 2. The Labute approximate surface area is 175 Å². The summed E-state index contributed by atoms with van der Waals surface area (Å²) in [6.45, 7) is 6.26. The maximum Gasteiger partial charge on any atom is 0.320 e. The predicted molar refractivity (Wildman–Crippen MR) is 116 cm³/mol. The van der Waals surface area contributed by atoms with Gasteiger partial charge in [0.05, 0.1) is 6.54 Å². The molecule has 1 aliphatic carbocycles. The first-order valence-electron chi connectivity index (χ1n) is 11.2. The van der Waals surface area contributed by atoms with E-state index in [-0.39, 0.29) is 23.4 Å². The molecule has 5 heteroatoms. The largest absolute Gasteiger partial charge is 0.507 e. The first-order valence-corrected chi connectivity index (χ1v) is 11.2. The van der Waals surface area contributed by atoms with Gasteiger partial charge in [0.25, 0.3) is 0 Å². The van der Waals surface area contributed by atoms with Crippen LogP contribution in [0.5, 0.6) is 11.5 Å². The zero-order valence-corrected chi connectivity index (χ0v) is 18.2. The van der Waals surface area contributed by atoms with E-state index in [0.29, 0.717) is 12.1 Å². The van der Waals surface area contributed by atoms with Gasteiger partial charge in [-0.1, -0.05) is 31.4 Å². The van der Waals surface area contributed by atoms with Crippen molar-refractivity contribution in [3.8, 4) is 11.5 Å². The zero-order chi connectivity index (χ0) is 21.0. The van der Waals surface area contributed by atoms with Gasteiger partial charge in [0.15, 0.2) is 0 Å². The second-order valence-electron chi connectivity index (χ2n) is 8.74. The molecule has 1 aromatic rings. The highest BCUT2D eigenvalue weighted by Crippen LogP contribution is 2.44. The van der Waals surface area contributed by atoms with Crippen LogP contribution in [0.1, 0.15) is 81.4 Å². The minimum absolute atomic E-state index is 0.0122. The SMILES string of the molecule is CCCCCc1cc(O)c(C2C=C(C)CCC2)c(O)c1CN(C)C(=O)N1CCC1. The minimum Gasteiger partial charge on any atom is -0.507 e. The summed E-state index contributed by atoms with van der Waals surface area (Å²) in [4.78, 5) is 16.2. The van der Waals surface area contributed by atoms with Crippen LogP contribution in [0, 0.1) is 0 Å². The van der Waals surface area contributed by atoms with Gasteiger partial charge in [-0.3, -0.25) is 0 Å². The number of amides is 2. The van der Waals surface area contributed by atoms with Crippen LogP contribution in [-0.4, -0.2) is 46.2 Å². The molecule has 2 aliphatic rings. The van der Waals surface area contributed by atoms with Crippen LogP contribution in [0.15, 0.2) is 17.7 Å². The molecule has 2 amide bonds. The van der Waals surface area contributed by atoms with Crippen LogP contribution in [0.4, 0.5) is 4.79 Å². The van der Waals surface area contributed by atoms with Gasteiger partial charge in [-0.25, -0.2) is 4.79 Å². The molecule has 1 heterocycles. The molecule has 0 bridgehead atoms. The average molecular weight is 401 g/mol. The average Bonchev–Trinajstić information content (AvgIpc) is 2.63. The Balaban J connectivity index is 1.93. The number of urea groups is 1. The fourth-order valence-corrected chi connectivity index (χ4v) is 4.49. The van der Waals surface area contributed by atoms with E-state index in [0.717, 1.165) is 75.6 Å². The lowest BCUT2D eigenvalue weighted by Gasteiger charge is -2.35. The van der Waals surface area contributed by atoms with Crippen molar-refractivity contribution in [3.05, 3.63) is 34.4 Å². The number of unbranched alkanes of at least 4 members (excludes halogenated alkanes) is 2. The molecule has 1 atom stereocenters. The van der Waals surface area contributed by atoms with E-state index in [2.05, 4.69) is 19.9 Å². The number of benzene rings is 1. The van der Waals surface area contributed by atoms with Gasteiger partial charge in [-0.15, -0.1) is 0 Å². The van der Waals surface area contributed by atoms with E-state index >= 15 is 0 Å². The second kappa shape index (κ2) is 9.55. The Bertz CT molecular complexity index is 768. The molecule has 5 nitrogen and oxygen atoms in total. The Hall–Kier alpha value is -2.17. The third-order valence-corrected chi connectivity index (χ3v) is 6.36. The number of aromatic hydroxyl groups is 2. The van der Waals surface area contributed by atoms with Crippen LogP contribution in [0.3, 0.4) is 0 Å². The van der Waals surface area contributed by atoms with Crippen molar-refractivity contribution in [2.45, 2.75) is 77.7 Å². The molecule has 2 N–H and O–H groups in total. The third kappa shape index (κ3) is 4.88. The van der Waals surface area contributed by atoms with Gasteiger partial charge in [-0.05, 0) is 57.1 Å². The van der Waals surface area contributed by atoms with Crippen LogP contribution in [-0.2, 0) is 13.0 Å². The summed E-state index contributed by atoms with van der Waals surface area (Å²) in [6, 6.07) is 1.85. The number of carbonyl (C=O) groups is 1. The minimum atomic E-state index is 0.0122. The van der Waals surface area contributed by atoms with E-state index in [9.17, 15) is 15.0 Å². The van der Waals surface area contributed by atoms with Crippen LogP contribution >= 0.6 is 0 Å². The number of nitrogens with zero attached hydrogens (tertiary/aromatic N) is 2. The van der Waals surface area contributed by atoms with Gasteiger partial charge >= 0.3 is 6.03 Å². The lowest BCUT2D eigenvalue weighted by atomic mass is 9.83. The fourth-order valence-electron chi connectivity index (χ4n) is 4.49. The maximum atomic E-state index is 12.6. The topological polar surface area (TPSA) is 64.0 Å². The summed E-state index contributed by atoms with van der Waals surface area (Å²) in [5.41, 5.74) is 3.68. The highest BCUT2D eigenvalue weighted by Gasteiger charge is 2.28. The second-order valence-corrected chi connectivity index (χ2v) is 8.74. The number of allylic oxidation sites excluding steroid dienone is 2. The van der Waals surface area contributed by atoms with E-state index < -0.39 is 0 Å². The first kappa shape index (κ1) is 21.5. The van der Waals surface area contributed by atoms with Crippen LogP contribution in [0.2, 0.25) is 0 Å². The number of aryl methyl sites for hydroxylation is 1. The summed E-state index contributed by atoms with van der Waals surface area (Å²) >= 11 is 0. The molecule has 0 spiro atoms. The summed E-state index contributed by atoms with van der Waals surface area (Å²) in [7, 11) is 1.80. The van der Waals surface area contributed by atoms with Crippen molar-refractivity contribution in [3.63, 3.8) is 0 Å². The van der Waals surface area contributed by atoms with Gasteiger partial charge < -0.3 is 20.0 Å². The summed E-state index contributed by atoms with van der Waals surface area (Å²) in [5.74, 6) is 0.393. The quantitative estimate of drug-likeness (QED) is 0.482. The van der Waals surface area contributed by atoms with Crippen molar-refractivity contribution in [2.24, 2.45) is 0 Å². The monoisotopic (exact) mass is 400 g/mol. The van der Waals surface area contributed by atoms with E-state index in [1.54, 1.807) is 11.9 Å². The Morgan fingerprint density at radius 3 is 2.62 bits per heavy atom. The van der Waals surface area contributed by atoms with E-state index in [4.69, 9.17) is 0 Å². The molecule has 3 rings (SSSR count). The van der Waals surface area contributed by atoms with Crippen LogP contribution in [0.25, 0.3) is 0 Å². The lowest BCUT2D eigenvalue weighted by Crippen LogP contribution is -2.48. The molecule has 0 aromatic heterocycles. The van der Waals surface area contributed by atoms with E-state index in [1.165, 1.54) is 5.57 Å². The molecule has 1 aromatic carbocycles. The number of carbonyl (C=O) groups excluding carboxylic acids is 1. The Morgan fingerprint density at radius 2 is 2.00 bits per heavy atom. The number of hydrogen-bond donors (Lipinski definition) is 2. The molecule has 1 fully saturated rings. The zero-order valence-electron chi connectivity index (χ0n) is 18.2. The van der Waals surface area contributed by atoms with Crippen LogP contribution < -0.4 is 0 Å². The molecule has 1 unspecified atom stereocenters. The predicted octanol–water partition coefficient (Wildman–Crippen LogP) is 5.30. The number of hydrogen-bond acceptors (Lipinski definition) is 3. The summed E-state index contributed by atoms with van der Waals surface area (Å²) in [6.07, 6.45) is 10.3. The fraction of sp³-hybridized carbons (Fsp3) is 0.625. The Kier molecular flexibility index (Phi) is 7.09. The Morgan fingerprint density at radius 1 is 1.24 bits per heavy atom. The van der Waals surface area contributed by atoms with Gasteiger partial charge in [-0.2, -0.15) is 0 Å². The molecular weight excluding hydrogens is 364 g/mol. The molecule has 1 saturated heterocycles. The first-order chi connectivity index (χ1) is 13.9. The molecule has 0 saturated carbocycles. The van der Waals surface area contributed by atoms with Crippen molar-refractivity contribution in [1.29, 1.82) is 0 Å². The smallest absolute Gasteiger partial charge is 0.320 e. The standard InChI is InChI=1S/C24H36N2O3/c1-4-5-6-10-18-15-21(27)22(19-11-7-9-17(2)14-19)23(28)20(18)16-25(3)24(29)26-12-8-13-26/h14-15,19,27-28H,4-13,16H2,1-3H3. The van der Waals surface area contributed by atoms with Gasteiger partial charge in [0.1, 0.15) is 11.5 Å². The highest BCUT2D eigenvalue weighted by atomic mass is 16.3. The van der Waals surface area contributed by atoms with Gasteiger partial charge in [0, 0.05) is 37.2 Å².